The quantitative estimate of drug-likeness (QED) is 0.575. The summed E-state index contributed by atoms with van der Waals surface area (Å²) in [6.45, 7) is 5.49. The summed E-state index contributed by atoms with van der Waals surface area (Å²) < 4.78 is 0. The zero-order chi connectivity index (χ0) is 9.54. The molecule has 3 rings (SSSR count). The van der Waals surface area contributed by atoms with E-state index in [0.717, 1.165) is 17.9 Å². The lowest BCUT2D eigenvalue weighted by Gasteiger charge is -2.52. The topological polar surface area (TPSA) is 6.48 Å². The maximum atomic E-state index is 2.80. The van der Waals surface area contributed by atoms with Crippen LogP contribution in [0, 0.1) is 11.8 Å². The highest BCUT2D eigenvalue weighted by Gasteiger charge is 2.40. The summed E-state index contributed by atoms with van der Waals surface area (Å²) in [7, 11) is 2.30. The van der Waals surface area contributed by atoms with Crippen molar-refractivity contribution in [2.45, 2.75) is 31.7 Å². The Bertz CT molecular complexity index is 214. The standard InChI is InChI=1S/C12H22N2/c1-13-7-10-6-11(9-13)12-4-2-3-5-14(12)8-10/h10-12H,2-9H2,1H3/t10-,11-,12+/m0/s1. The molecular formula is C12H22N2. The third kappa shape index (κ3) is 1.49. The highest BCUT2D eigenvalue weighted by atomic mass is 15.2. The predicted molar refractivity (Wildman–Crippen MR) is 58.3 cm³/mol. The second-order valence-corrected chi connectivity index (χ2v) is 5.64. The van der Waals surface area contributed by atoms with Crippen molar-refractivity contribution in [1.29, 1.82) is 0 Å². The Morgan fingerprint density at radius 3 is 2.93 bits per heavy atom. The van der Waals surface area contributed by atoms with Gasteiger partial charge in [0.05, 0.1) is 0 Å². The second-order valence-electron chi connectivity index (χ2n) is 5.64. The van der Waals surface area contributed by atoms with Gasteiger partial charge in [-0.25, -0.2) is 0 Å². The molecule has 3 aliphatic rings. The van der Waals surface area contributed by atoms with Crippen molar-refractivity contribution >= 4 is 0 Å². The molecule has 0 aliphatic carbocycles. The summed E-state index contributed by atoms with van der Waals surface area (Å²) in [6.07, 6.45) is 5.93. The summed E-state index contributed by atoms with van der Waals surface area (Å²) in [6, 6.07) is 0.947. The Morgan fingerprint density at radius 2 is 2.00 bits per heavy atom. The molecule has 3 aliphatic heterocycles. The fourth-order valence-electron chi connectivity index (χ4n) is 4.01. The number of nitrogens with zero attached hydrogens (tertiary/aromatic N) is 2. The highest BCUT2D eigenvalue weighted by molar-refractivity contribution is 4.94. The second kappa shape index (κ2) is 3.49. The molecule has 0 aromatic rings. The van der Waals surface area contributed by atoms with E-state index in [1.54, 1.807) is 0 Å². The van der Waals surface area contributed by atoms with Gasteiger partial charge in [0.2, 0.25) is 0 Å². The molecule has 2 heteroatoms. The van der Waals surface area contributed by atoms with Crippen molar-refractivity contribution in [3.8, 4) is 0 Å². The number of fused-ring (bicyclic) bond motifs is 4. The number of piperidine rings is 3. The van der Waals surface area contributed by atoms with Gasteiger partial charge in [0.25, 0.3) is 0 Å². The molecule has 0 spiro atoms. The number of rotatable bonds is 0. The van der Waals surface area contributed by atoms with E-state index in [2.05, 4.69) is 16.8 Å². The van der Waals surface area contributed by atoms with Gasteiger partial charge in [0.15, 0.2) is 0 Å². The van der Waals surface area contributed by atoms with E-state index in [4.69, 9.17) is 0 Å². The van der Waals surface area contributed by atoms with Crippen LogP contribution in [0.3, 0.4) is 0 Å². The molecule has 0 unspecified atom stereocenters. The van der Waals surface area contributed by atoms with E-state index >= 15 is 0 Å². The van der Waals surface area contributed by atoms with Crippen LogP contribution in [0.2, 0.25) is 0 Å². The average Bonchev–Trinajstić information content (AvgIpc) is 2.17. The summed E-state index contributed by atoms with van der Waals surface area (Å²) in [4.78, 5) is 5.36. The zero-order valence-electron chi connectivity index (χ0n) is 9.28. The molecule has 0 radical (unpaired) electrons. The van der Waals surface area contributed by atoms with Crippen LogP contribution >= 0.6 is 0 Å². The molecule has 3 fully saturated rings. The van der Waals surface area contributed by atoms with Crippen molar-refractivity contribution in [3.63, 3.8) is 0 Å². The first kappa shape index (κ1) is 9.17. The molecular weight excluding hydrogens is 172 g/mol. The van der Waals surface area contributed by atoms with Crippen LogP contribution in [-0.4, -0.2) is 49.1 Å². The van der Waals surface area contributed by atoms with Crippen molar-refractivity contribution in [2.75, 3.05) is 33.2 Å². The minimum absolute atomic E-state index is 0.947. The van der Waals surface area contributed by atoms with Crippen LogP contribution in [0.5, 0.6) is 0 Å². The highest BCUT2D eigenvalue weighted by Crippen LogP contribution is 2.36. The van der Waals surface area contributed by atoms with Crippen LogP contribution in [0.4, 0.5) is 0 Å². The fourth-order valence-corrected chi connectivity index (χ4v) is 4.01. The lowest BCUT2D eigenvalue weighted by Crippen LogP contribution is -2.58. The Hall–Kier alpha value is -0.0800. The van der Waals surface area contributed by atoms with E-state index in [0.29, 0.717) is 0 Å². The number of hydrogen-bond acceptors (Lipinski definition) is 2. The average molecular weight is 194 g/mol. The third-order valence-corrected chi connectivity index (χ3v) is 4.45. The minimum atomic E-state index is 0.947. The Kier molecular flexibility index (Phi) is 2.29. The van der Waals surface area contributed by atoms with Crippen LogP contribution in [-0.2, 0) is 0 Å². The third-order valence-electron chi connectivity index (χ3n) is 4.45. The van der Waals surface area contributed by atoms with Gasteiger partial charge >= 0.3 is 0 Å². The molecule has 3 atom stereocenters. The first-order chi connectivity index (χ1) is 6.83. The van der Waals surface area contributed by atoms with Gasteiger partial charge in [-0.1, -0.05) is 6.42 Å². The number of likely N-dealkylation sites (tertiary alicyclic amines) is 1. The van der Waals surface area contributed by atoms with Gasteiger partial charge in [-0.05, 0) is 44.7 Å². The van der Waals surface area contributed by atoms with Gasteiger partial charge in [-0.2, -0.15) is 0 Å². The van der Waals surface area contributed by atoms with E-state index in [-0.39, 0.29) is 0 Å². The molecule has 3 heterocycles. The summed E-state index contributed by atoms with van der Waals surface area (Å²) in [5.41, 5.74) is 0. The molecule has 2 nitrogen and oxygen atoms in total. The lowest BCUT2D eigenvalue weighted by molar-refractivity contribution is -0.0231. The molecule has 0 saturated carbocycles. The summed E-state index contributed by atoms with van der Waals surface area (Å²) >= 11 is 0. The predicted octanol–water partition coefficient (Wildman–Crippen LogP) is 1.42. The van der Waals surface area contributed by atoms with Crippen molar-refractivity contribution in [2.24, 2.45) is 11.8 Å². The largest absolute Gasteiger partial charge is 0.306 e. The van der Waals surface area contributed by atoms with Gasteiger partial charge in [0.1, 0.15) is 0 Å². The first-order valence-electron chi connectivity index (χ1n) is 6.25. The van der Waals surface area contributed by atoms with Crippen LogP contribution in [0.25, 0.3) is 0 Å². The smallest absolute Gasteiger partial charge is 0.0136 e. The molecule has 0 aromatic heterocycles. The normalized spacial score (nSPS) is 44.8. The van der Waals surface area contributed by atoms with E-state index in [1.165, 1.54) is 51.9 Å². The molecule has 14 heavy (non-hydrogen) atoms. The lowest BCUT2D eigenvalue weighted by atomic mass is 9.76. The van der Waals surface area contributed by atoms with Crippen LogP contribution in [0.15, 0.2) is 0 Å². The fraction of sp³-hybridized carbons (Fsp3) is 1.00. The van der Waals surface area contributed by atoms with Gasteiger partial charge in [-0.15, -0.1) is 0 Å². The van der Waals surface area contributed by atoms with Crippen LogP contribution < -0.4 is 0 Å². The first-order valence-corrected chi connectivity index (χ1v) is 6.25. The molecule has 0 N–H and O–H groups in total. The van der Waals surface area contributed by atoms with E-state index in [1.807, 2.05) is 0 Å². The molecule has 3 saturated heterocycles. The monoisotopic (exact) mass is 194 g/mol. The maximum Gasteiger partial charge on any atom is 0.0136 e. The van der Waals surface area contributed by atoms with Gasteiger partial charge in [-0.3, -0.25) is 4.90 Å². The van der Waals surface area contributed by atoms with E-state index in [9.17, 15) is 0 Å². The Balaban J connectivity index is 1.76. The zero-order valence-corrected chi connectivity index (χ0v) is 9.28. The molecule has 2 bridgehead atoms. The molecule has 0 amide bonds. The Morgan fingerprint density at radius 1 is 1.07 bits per heavy atom. The number of hydrogen-bond donors (Lipinski definition) is 0. The van der Waals surface area contributed by atoms with Crippen LogP contribution in [0.1, 0.15) is 25.7 Å². The summed E-state index contributed by atoms with van der Waals surface area (Å²) in [5.74, 6) is 1.97. The molecule has 0 aromatic carbocycles. The SMILES string of the molecule is CN1C[C@@H]2C[C@@H](C1)[C@H]1CCCCN1C2. The van der Waals surface area contributed by atoms with Gasteiger partial charge in [0, 0.05) is 25.7 Å². The van der Waals surface area contributed by atoms with Crippen molar-refractivity contribution in [3.05, 3.63) is 0 Å². The summed E-state index contributed by atoms with van der Waals surface area (Å²) in [5, 5.41) is 0. The Labute approximate surface area is 87.3 Å². The minimum Gasteiger partial charge on any atom is -0.306 e. The molecule has 80 valence electrons. The van der Waals surface area contributed by atoms with Crippen molar-refractivity contribution < 1.29 is 0 Å². The van der Waals surface area contributed by atoms with Gasteiger partial charge < -0.3 is 4.90 Å². The van der Waals surface area contributed by atoms with Crippen molar-refractivity contribution in [1.82, 2.24) is 9.80 Å². The maximum absolute atomic E-state index is 2.80. The van der Waals surface area contributed by atoms with E-state index < -0.39 is 0 Å².